The van der Waals surface area contributed by atoms with Crippen LogP contribution in [0.1, 0.15) is 79.7 Å². The van der Waals surface area contributed by atoms with E-state index in [-0.39, 0.29) is 17.6 Å². The quantitative estimate of drug-likeness (QED) is 0.463. The van der Waals surface area contributed by atoms with E-state index in [0.717, 1.165) is 43.7 Å². The first-order chi connectivity index (χ1) is 14.1. The molecule has 1 amide bonds. The van der Waals surface area contributed by atoms with Crippen LogP contribution in [-0.2, 0) is 16.1 Å². The number of ether oxygens (including phenoxy) is 2. The number of carbonyl (C=O) groups is 1. The van der Waals surface area contributed by atoms with Crippen molar-refractivity contribution in [3.8, 4) is 5.75 Å². The van der Waals surface area contributed by atoms with Crippen LogP contribution < -0.4 is 4.74 Å². The Hall–Kier alpha value is -1.55. The van der Waals surface area contributed by atoms with Crippen LogP contribution in [0.4, 0.5) is 0 Å². The van der Waals surface area contributed by atoms with E-state index in [1.807, 2.05) is 37.8 Å². The van der Waals surface area contributed by atoms with Crippen molar-refractivity contribution in [3.63, 3.8) is 0 Å². The highest BCUT2D eigenvalue weighted by atomic mass is 16.5. The number of rotatable bonds is 10. The molecule has 0 spiro atoms. The van der Waals surface area contributed by atoms with Crippen molar-refractivity contribution in [1.29, 1.82) is 0 Å². The van der Waals surface area contributed by atoms with Gasteiger partial charge in [0, 0.05) is 26.1 Å². The van der Waals surface area contributed by atoms with Crippen molar-refractivity contribution in [2.45, 2.75) is 92.4 Å². The third-order valence-corrected chi connectivity index (χ3v) is 6.25. The van der Waals surface area contributed by atoms with Crippen LogP contribution >= 0.6 is 0 Å². The maximum absolute atomic E-state index is 12.7. The zero-order valence-corrected chi connectivity index (χ0v) is 20.2. The van der Waals surface area contributed by atoms with E-state index in [0.29, 0.717) is 30.7 Å². The number of carbonyl (C=O) groups excluding carboxylic acids is 1. The third kappa shape index (κ3) is 7.61. The fourth-order valence-corrected chi connectivity index (χ4v) is 4.74. The van der Waals surface area contributed by atoms with Crippen molar-refractivity contribution >= 4 is 5.91 Å². The Morgan fingerprint density at radius 1 is 1.20 bits per heavy atom. The SMILES string of the molecule is CCC(=O)N(CCC(C(C)C)C1CCOC(C)(C)C1)Cc1ccc(OC(C)C)cc1. The summed E-state index contributed by atoms with van der Waals surface area (Å²) in [6.45, 7) is 17.4. The van der Waals surface area contributed by atoms with Gasteiger partial charge < -0.3 is 14.4 Å². The molecule has 1 heterocycles. The lowest BCUT2D eigenvalue weighted by Crippen LogP contribution is -2.39. The third-order valence-electron chi connectivity index (χ3n) is 6.25. The monoisotopic (exact) mass is 417 g/mol. The second-order valence-corrected chi connectivity index (χ2v) is 10.0. The summed E-state index contributed by atoms with van der Waals surface area (Å²) in [6, 6.07) is 8.17. The lowest BCUT2D eigenvalue weighted by molar-refractivity contribution is -0.132. The number of amides is 1. The lowest BCUT2D eigenvalue weighted by Gasteiger charge is -2.41. The van der Waals surface area contributed by atoms with Crippen LogP contribution in [-0.4, -0.2) is 35.7 Å². The molecule has 0 N–H and O–H groups in total. The molecule has 0 saturated carbocycles. The van der Waals surface area contributed by atoms with Crippen LogP contribution in [0.25, 0.3) is 0 Å². The van der Waals surface area contributed by atoms with Gasteiger partial charge in [-0.1, -0.05) is 32.9 Å². The Balaban J connectivity index is 2.03. The molecule has 0 aromatic heterocycles. The largest absolute Gasteiger partial charge is 0.491 e. The summed E-state index contributed by atoms with van der Waals surface area (Å²) in [5.74, 6) is 2.99. The molecule has 0 bridgehead atoms. The summed E-state index contributed by atoms with van der Waals surface area (Å²) < 4.78 is 11.7. The molecule has 2 unspecified atom stereocenters. The minimum absolute atomic E-state index is 0.0330. The van der Waals surface area contributed by atoms with Gasteiger partial charge in [0.2, 0.25) is 5.91 Å². The van der Waals surface area contributed by atoms with Crippen molar-refractivity contribution < 1.29 is 14.3 Å². The van der Waals surface area contributed by atoms with Gasteiger partial charge in [-0.05, 0) is 82.4 Å². The predicted molar refractivity (Wildman–Crippen MR) is 124 cm³/mol. The summed E-state index contributed by atoms with van der Waals surface area (Å²) in [4.78, 5) is 14.7. The minimum Gasteiger partial charge on any atom is -0.491 e. The van der Waals surface area contributed by atoms with Crippen molar-refractivity contribution in [1.82, 2.24) is 4.90 Å². The molecule has 1 aromatic rings. The van der Waals surface area contributed by atoms with Crippen LogP contribution in [0.3, 0.4) is 0 Å². The molecular weight excluding hydrogens is 374 g/mol. The molecule has 1 fully saturated rings. The van der Waals surface area contributed by atoms with Crippen LogP contribution in [0.5, 0.6) is 5.75 Å². The van der Waals surface area contributed by atoms with E-state index in [1.165, 1.54) is 0 Å². The van der Waals surface area contributed by atoms with Gasteiger partial charge in [0.15, 0.2) is 0 Å². The number of hydrogen-bond acceptors (Lipinski definition) is 3. The Kier molecular flexibility index (Phi) is 9.21. The van der Waals surface area contributed by atoms with Gasteiger partial charge in [-0.3, -0.25) is 4.79 Å². The summed E-state index contributed by atoms with van der Waals surface area (Å²) in [5.41, 5.74) is 1.12. The Labute approximate surface area is 184 Å². The zero-order valence-electron chi connectivity index (χ0n) is 20.2. The first kappa shape index (κ1) is 24.7. The first-order valence-corrected chi connectivity index (χ1v) is 11.8. The van der Waals surface area contributed by atoms with E-state index in [9.17, 15) is 4.79 Å². The summed E-state index contributed by atoms with van der Waals surface area (Å²) in [6.07, 6.45) is 4.00. The second-order valence-electron chi connectivity index (χ2n) is 10.0. The molecule has 1 saturated heterocycles. The van der Waals surface area contributed by atoms with E-state index >= 15 is 0 Å². The highest BCUT2D eigenvalue weighted by Crippen LogP contribution is 2.38. The van der Waals surface area contributed by atoms with Crippen LogP contribution in [0.15, 0.2) is 24.3 Å². The number of benzene rings is 1. The Morgan fingerprint density at radius 2 is 1.87 bits per heavy atom. The van der Waals surface area contributed by atoms with Gasteiger partial charge in [-0.2, -0.15) is 0 Å². The molecular formula is C26H43NO3. The van der Waals surface area contributed by atoms with Gasteiger partial charge in [0.1, 0.15) is 5.75 Å². The van der Waals surface area contributed by atoms with Gasteiger partial charge in [-0.25, -0.2) is 0 Å². The normalized spacial score (nSPS) is 19.7. The topological polar surface area (TPSA) is 38.8 Å². The smallest absolute Gasteiger partial charge is 0.222 e. The van der Waals surface area contributed by atoms with Crippen molar-refractivity contribution in [2.24, 2.45) is 17.8 Å². The summed E-state index contributed by atoms with van der Waals surface area (Å²) in [7, 11) is 0. The Bertz CT molecular complexity index is 651. The number of hydrogen-bond donors (Lipinski definition) is 0. The zero-order chi connectivity index (χ0) is 22.3. The van der Waals surface area contributed by atoms with Gasteiger partial charge in [0.25, 0.3) is 0 Å². The molecule has 1 aliphatic rings. The minimum atomic E-state index is -0.0330. The van der Waals surface area contributed by atoms with Gasteiger partial charge >= 0.3 is 0 Å². The molecule has 2 atom stereocenters. The van der Waals surface area contributed by atoms with Crippen molar-refractivity contribution in [2.75, 3.05) is 13.2 Å². The summed E-state index contributed by atoms with van der Waals surface area (Å²) >= 11 is 0. The first-order valence-electron chi connectivity index (χ1n) is 11.8. The van der Waals surface area contributed by atoms with E-state index in [1.54, 1.807) is 0 Å². The van der Waals surface area contributed by atoms with E-state index < -0.39 is 0 Å². The maximum atomic E-state index is 12.7. The van der Waals surface area contributed by atoms with Crippen LogP contribution in [0.2, 0.25) is 0 Å². The highest BCUT2D eigenvalue weighted by Gasteiger charge is 2.34. The second kappa shape index (κ2) is 11.2. The lowest BCUT2D eigenvalue weighted by atomic mass is 9.73. The van der Waals surface area contributed by atoms with E-state index in [4.69, 9.17) is 9.47 Å². The molecule has 170 valence electrons. The molecule has 1 aliphatic heterocycles. The average Bonchev–Trinajstić information content (AvgIpc) is 2.66. The molecule has 4 heteroatoms. The standard InChI is InChI=1S/C26H43NO3/c1-8-25(28)27(18-21-9-11-23(12-10-21)30-20(4)5)15-13-24(19(2)3)22-14-16-29-26(6,7)17-22/h9-12,19-20,22,24H,8,13-18H2,1-7H3. The fraction of sp³-hybridized carbons (Fsp3) is 0.731. The molecule has 1 aromatic carbocycles. The maximum Gasteiger partial charge on any atom is 0.222 e. The molecule has 0 radical (unpaired) electrons. The van der Waals surface area contributed by atoms with Gasteiger partial charge in [0.05, 0.1) is 11.7 Å². The summed E-state index contributed by atoms with van der Waals surface area (Å²) in [5, 5.41) is 0. The number of nitrogens with zero attached hydrogens (tertiary/aromatic N) is 1. The van der Waals surface area contributed by atoms with Crippen molar-refractivity contribution in [3.05, 3.63) is 29.8 Å². The van der Waals surface area contributed by atoms with E-state index in [2.05, 4.69) is 39.8 Å². The molecule has 0 aliphatic carbocycles. The highest BCUT2D eigenvalue weighted by molar-refractivity contribution is 5.75. The van der Waals surface area contributed by atoms with Crippen LogP contribution in [0, 0.1) is 17.8 Å². The molecule has 4 nitrogen and oxygen atoms in total. The predicted octanol–water partition coefficient (Wildman–Crippen LogP) is 6.08. The van der Waals surface area contributed by atoms with Gasteiger partial charge in [-0.15, -0.1) is 0 Å². The Morgan fingerprint density at radius 3 is 2.40 bits per heavy atom. The average molecular weight is 418 g/mol. The molecule has 30 heavy (non-hydrogen) atoms. The fourth-order valence-electron chi connectivity index (χ4n) is 4.74. The molecule has 2 rings (SSSR count).